The summed E-state index contributed by atoms with van der Waals surface area (Å²) in [5.41, 5.74) is 2.56. The molecule has 31 heavy (non-hydrogen) atoms. The van der Waals surface area contributed by atoms with Crippen molar-refractivity contribution in [3.8, 4) is 11.4 Å². The Kier molecular flexibility index (Phi) is 5.95. The lowest BCUT2D eigenvalue weighted by molar-refractivity contribution is 0.0954. The summed E-state index contributed by atoms with van der Waals surface area (Å²) in [5.74, 6) is 0.592. The third kappa shape index (κ3) is 4.41. The van der Waals surface area contributed by atoms with Crippen LogP contribution >= 0.6 is 12.2 Å². The first-order chi connectivity index (χ1) is 15.1. The quantitative estimate of drug-likeness (QED) is 0.452. The van der Waals surface area contributed by atoms with Gasteiger partial charge in [0.25, 0.3) is 11.5 Å². The molecule has 2 N–H and O–H groups in total. The Hall–Kier alpha value is -3.71. The van der Waals surface area contributed by atoms with E-state index in [2.05, 4.69) is 10.3 Å². The van der Waals surface area contributed by atoms with Gasteiger partial charge in [0, 0.05) is 12.1 Å². The summed E-state index contributed by atoms with van der Waals surface area (Å²) < 4.78 is 6.88. The van der Waals surface area contributed by atoms with Crippen LogP contribution in [0.15, 0.2) is 77.6 Å². The molecule has 0 saturated carbocycles. The van der Waals surface area contributed by atoms with Gasteiger partial charge in [0.05, 0.1) is 23.7 Å². The van der Waals surface area contributed by atoms with Crippen molar-refractivity contribution in [2.45, 2.75) is 6.42 Å². The highest BCUT2D eigenvalue weighted by Gasteiger charge is 2.11. The first-order valence-corrected chi connectivity index (χ1v) is 10.2. The predicted molar refractivity (Wildman–Crippen MR) is 124 cm³/mol. The van der Waals surface area contributed by atoms with Crippen LogP contribution in [-0.2, 0) is 6.42 Å². The average Bonchev–Trinajstić information content (AvgIpc) is 2.80. The van der Waals surface area contributed by atoms with Gasteiger partial charge in [-0.15, -0.1) is 0 Å². The van der Waals surface area contributed by atoms with Crippen LogP contribution in [0, 0.1) is 4.77 Å². The predicted octanol–water partition coefficient (Wildman–Crippen LogP) is 4.03. The third-order valence-electron chi connectivity index (χ3n) is 5.03. The van der Waals surface area contributed by atoms with E-state index >= 15 is 0 Å². The van der Waals surface area contributed by atoms with Crippen LogP contribution in [0.25, 0.3) is 16.6 Å². The van der Waals surface area contributed by atoms with Crippen LogP contribution in [0.1, 0.15) is 15.9 Å². The fourth-order valence-corrected chi connectivity index (χ4v) is 3.68. The number of rotatable bonds is 6. The third-order valence-corrected chi connectivity index (χ3v) is 5.32. The molecule has 0 bridgehead atoms. The number of carbonyl (C=O) groups excluding carboxylic acids is 1. The number of ether oxygens (including phenoxy) is 1. The molecule has 7 heteroatoms. The van der Waals surface area contributed by atoms with Crippen molar-refractivity contribution in [3.63, 3.8) is 0 Å². The van der Waals surface area contributed by atoms with Gasteiger partial charge in [-0.05, 0) is 66.7 Å². The Morgan fingerprint density at radius 3 is 2.52 bits per heavy atom. The lowest BCUT2D eigenvalue weighted by Gasteiger charge is -2.10. The molecule has 4 rings (SSSR count). The zero-order valence-corrected chi connectivity index (χ0v) is 17.7. The molecule has 3 aromatic carbocycles. The Labute approximate surface area is 184 Å². The number of hydrogen-bond donors (Lipinski definition) is 2. The molecule has 0 aliphatic heterocycles. The molecule has 0 atom stereocenters. The summed E-state index contributed by atoms with van der Waals surface area (Å²) in [6, 6.07) is 21.9. The number of nitrogens with zero attached hydrogens (tertiary/aromatic N) is 1. The number of H-pyrrole nitrogens is 1. The van der Waals surface area contributed by atoms with Crippen LogP contribution in [0.3, 0.4) is 0 Å². The largest absolute Gasteiger partial charge is 0.497 e. The molecule has 6 nitrogen and oxygen atoms in total. The van der Waals surface area contributed by atoms with Gasteiger partial charge >= 0.3 is 0 Å². The van der Waals surface area contributed by atoms with Gasteiger partial charge in [-0.1, -0.05) is 30.3 Å². The summed E-state index contributed by atoms with van der Waals surface area (Å²) in [6.45, 7) is 0.495. The maximum atomic E-state index is 13.0. The zero-order valence-electron chi connectivity index (χ0n) is 16.9. The molecule has 0 radical (unpaired) electrons. The normalized spacial score (nSPS) is 10.7. The Bertz CT molecular complexity index is 1340. The number of nitrogens with one attached hydrogen (secondary N) is 2. The van der Waals surface area contributed by atoms with E-state index < -0.39 is 0 Å². The van der Waals surface area contributed by atoms with Gasteiger partial charge in [0.1, 0.15) is 5.75 Å². The van der Waals surface area contributed by atoms with Gasteiger partial charge in [0.15, 0.2) is 4.77 Å². The molecule has 0 fully saturated rings. The monoisotopic (exact) mass is 431 g/mol. The number of hydrogen-bond acceptors (Lipinski definition) is 4. The Morgan fingerprint density at radius 2 is 1.81 bits per heavy atom. The van der Waals surface area contributed by atoms with Gasteiger partial charge in [0.2, 0.25) is 0 Å². The fraction of sp³-hybridized carbons (Fsp3) is 0.125. The summed E-state index contributed by atoms with van der Waals surface area (Å²) in [6.07, 6.45) is 0.702. The van der Waals surface area contributed by atoms with Crippen molar-refractivity contribution in [1.29, 1.82) is 0 Å². The molecule has 1 aromatic heterocycles. The van der Waals surface area contributed by atoms with Crippen LogP contribution in [0.4, 0.5) is 0 Å². The SMILES string of the molecule is COc1ccc(CCNC(=O)c2ccc3c(=O)n(-c4ccccc4)c(=S)[nH]c3c2)cc1. The van der Waals surface area contributed by atoms with Crippen molar-refractivity contribution in [3.05, 3.63) is 99.0 Å². The molecule has 1 heterocycles. The van der Waals surface area contributed by atoms with E-state index in [1.54, 1.807) is 25.3 Å². The zero-order chi connectivity index (χ0) is 21.8. The molecule has 1 amide bonds. The van der Waals surface area contributed by atoms with Crippen molar-refractivity contribution in [2.75, 3.05) is 13.7 Å². The van der Waals surface area contributed by atoms with Gasteiger partial charge in [-0.3, -0.25) is 14.2 Å². The van der Waals surface area contributed by atoms with Crippen LogP contribution in [0.2, 0.25) is 0 Å². The van der Waals surface area contributed by atoms with E-state index in [4.69, 9.17) is 17.0 Å². The lowest BCUT2D eigenvalue weighted by atomic mass is 10.1. The molecule has 0 unspecified atom stereocenters. The highest BCUT2D eigenvalue weighted by atomic mass is 32.1. The number of aromatic amines is 1. The van der Waals surface area contributed by atoms with Crippen molar-refractivity contribution in [2.24, 2.45) is 0 Å². The van der Waals surface area contributed by atoms with Crippen molar-refractivity contribution < 1.29 is 9.53 Å². The highest BCUT2D eigenvalue weighted by molar-refractivity contribution is 7.71. The second-order valence-corrected chi connectivity index (χ2v) is 7.41. The standard InChI is InChI=1S/C24H21N3O3S/c1-30-19-10-7-16(8-11-19)13-14-25-22(28)17-9-12-20-21(15-17)26-24(31)27(23(20)29)18-5-3-2-4-6-18/h2-12,15H,13-14H2,1H3,(H,25,28)(H,26,31). The highest BCUT2D eigenvalue weighted by Crippen LogP contribution is 2.14. The number of benzene rings is 3. The minimum absolute atomic E-state index is 0.207. The smallest absolute Gasteiger partial charge is 0.266 e. The van der Waals surface area contributed by atoms with E-state index in [-0.39, 0.29) is 16.2 Å². The van der Waals surface area contributed by atoms with Gasteiger partial charge in [-0.2, -0.15) is 0 Å². The van der Waals surface area contributed by atoms with Crippen LogP contribution < -0.4 is 15.6 Å². The molecular weight excluding hydrogens is 410 g/mol. The Balaban J connectivity index is 1.52. The molecule has 0 aliphatic rings. The van der Waals surface area contributed by atoms with Gasteiger partial charge in [-0.25, -0.2) is 0 Å². The van der Waals surface area contributed by atoms with E-state index in [0.717, 1.165) is 11.3 Å². The molecule has 156 valence electrons. The van der Waals surface area contributed by atoms with E-state index in [9.17, 15) is 9.59 Å². The molecule has 0 saturated heterocycles. The molecule has 4 aromatic rings. The number of methoxy groups -OCH3 is 1. The minimum Gasteiger partial charge on any atom is -0.497 e. The summed E-state index contributed by atoms with van der Waals surface area (Å²) >= 11 is 5.40. The summed E-state index contributed by atoms with van der Waals surface area (Å²) in [5, 5.41) is 3.38. The van der Waals surface area contributed by atoms with Crippen LogP contribution in [-0.4, -0.2) is 29.1 Å². The van der Waals surface area contributed by atoms with Crippen LogP contribution in [0.5, 0.6) is 5.75 Å². The molecular formula is C24H21N3O3S. The second kappa shape index (κ2) is 8.97. The first-order valence-electron chi connectivity index (χ1n) is 9.82. The maximum Gasteiger partial charge on any atom is 0.266 e. The van der Waals surface area contributed by atoms with Gasteiger partial charge < -0.3 is 15.0 Å². The minimum atomic E-state index is -0.226. The number of fused-ring (bicyclic) bond motifs is 1. The summed E-state index contributed by atoms with van der Waals surface area (Å²) in [7, 11) is 1.63. The molecule has 0 aliphatic carbocycles. The number of aromatic nitrogens is 2. The number of amides is 1. The second-order valence-electron chi connectivity index (χ2n) is 7.02. The van der Waals surface area contributed by atoms with E-state index in [1.807, 2.05) is 54.6 Å². The topological polar surface area (TPSA) is 76.1 Å². The summed E-state index contributed by atoms with van der Waals surface area (Å²) in [4.78, 5) is 28.6. The average molecular weight is 432 g/mol. The van der Waals surface area contributed by atoms with Crippen molar-refractivity contribution >= 4 is 29.0 Å². The maximum absolute atomic E-state index is 13.0. The fourth-order valence-electron chi connectivity index (χ4n) is 3.39. The lowest BCUT2D eigenvalue weighted by Crippen LogP contribution is -2.26. The van der Waals surface area contributed by atoms with Crippen molar-refractivity contribution in [1.82, 2.24) is 14.9 Å². The first kappa shape index (κ1) is 20.6. The Morgan fingerprint density at radius 1 is 1.06 bits per heavy atom. The van der Waals surface area contributed by atoms with E-state index in [1.165, 1.54) is 4.57 Å². The molecule has 0 spiro atoms. The number of carbonyl (C=O) groups is 1. The van der Waals surface area contributed by atoms with E-state index in [0.29, 0.717) is 35.1 Å². The number of para-hydroxylation sites is 1.